The molecule has 0 saturated carbocycles. The summed E-state index contributed by atoms with van der Waals surface area (Å²) in [4.78, 5) is 5.19. The molecule has 3 nitrogen and oxygen atoms in total. The van der Waals surface area contributed by atoms with E-state index in [-0.39, 0.29) is 0 Å². The lowest BCUT2D eigenvalue weighted by molar-refractivity contribution is 0.0302. The molecule has 2 saturated heterocycles. The maximum Gasteiger partial charge on any atom is 0.0243 e. The van der Waals surface area contributed by atoms with E-state index in [0.717, 1.165) is 18.1 Å². The molecule has 16 heavy (non-hydrogen) atoms. The molecule has 2 atom stereocenters. The number of likely N-dealkylation sites (N-methyl/N-ethyl adjacent to an activating group) is 1. The minimum atomic E-state index is 0.729. The van der Waals surface area contributed by atoms with E-state index in [1.807, 2.05) is 0 Å². The van der Waals surface area contributed by atoms with Gasteiger partial charge in [0.15, 0.2) is 0 Å². The van der Waals surface area contributed by atoms with Crippen LogP contribution in [-0.2, 0) is 0 Å². The summed E-state index contributed by atoms with van der Waals surface area (Å²) >= 11 is 0. The van der Waals surface area contributed by atoms with E-state index in [0.29, 0.717) is 0 Å². The van der Waals surface area contributed by atoms with Gasteiger partial charge in [-0.15, -0.1) is 0 Å². The number of piperidine rings is 2. The Balaban J connectivity index is 1.97. The second-order valence-corrected chi connectivity index (χ2v) is 5.63. The van der Waals surface area contributed by atoms with Crippen molar-refractivity contribution >= 4 is 0 Å². The van der Waals surface area contributed by atoms with Gasteiger partial charge in [-0.25, -0.2) is 0 Å². The second kappa shape index (κ2) is 5.48. The van der Waals surface area contributed by atoms with Gasteiger partial charge in [0.2, 0.25) is 0 Å². The maximum atomic E-state index is 3.47. The van der Waals surface area contributed by atoms with Crippen molar-refractivity contribution in [2.24, 2.45) is 0 Å². The van der Waals surface area contributed by atoms with E-state index in [2.05, 4.69) is 36.1 Å². The molecule has 2 fully saturated rings. The number of likely N-dealkylation sites (tertiary alicyclic amines) is 1. The lowest BCUT2D eigenvalue weighted by Gasteiger charge is -2.47. The molecule has 0 aromatic rings. The van der Waals surface area contributed by atoms with Crippen LogP contribution in [0.25, 0.3) is 0 Å². The lowest BCUT2D eigenvalue weighted by Crippen LogP contribution is -2.57. The van der Waals surface area contributed by atoms with Gasteiger partial charge in [0, 0.05) is 18.1 Å². The van der Waals surface area contributed by atoms with Crippen LogP contribution in [0, 0.1) is 0 Å². The maximum absolute atomic E-state index is 3.47. The number of hydrogen-bond donors (Lipinski definition) is 1. The molecular weight excluding hydrogens is 198 g/mol. The highest BCUT2D eigenvalue weighted by Gasteiger charge is 2.33. The van der Waals surface area contributed by atoms with E-state index in [1.54, 1.807) is 0 Å². The summed E-state index contributed by atoms with van der Waals surface area (Å²) in [6.45, 7) is 6.16. The largest absolute Gasteiger partial charge is 0.317 e. The first-order valence-electron chi connectivity index (χ1n) is 6.83. The van der Waals surface area contributed by atoms with Crippen LogP contribution in [0.3, 0.4) is 0 Å². The Morgan fingerprint density at radius 2 is 1.81 bits per heavy atom. The van der Waals surface area contributed by atoms with Crippen molar-refractivity contribution in [3.05, 3.63) is 0 Å². The molecule has 0 radical (unpaired) electrons. The number of nitrogens with one attached hydrogen (secondary N) is 1. The third kappa shape index (κ3) is 2.58. The van der Waals surface area contributed by atoms with E-state index in [9.17, 15) is 0 Å². The summed E-state index contributed by atoms with van der Waals surface area (Å²) < 4.78 is 0. The highest BCUT2D eigenvalue weighted by molar-refractivity contribution is 4.90. The van der Waals surface area contributed by atoms with Crippen molar-refractivity contribution in [2.75, 3.05) is 33.7 Å². The number of rotatable bonds is 2. The van der Waals surface area contributed by atoms with Crippen LogP contribution in [0.5, 0.6) is 0 Å². The molecule has 2 heterocycles. The van der Waals surface area contributed by atoms with Crippen molar-refractivity contribution < 1.29 is 0 Å². The van der Waals surface area contributed by atoms with Crippen molar-refractivity contribution in [1.82, 2.24) is 15.1 Å². The van der Waals surface area contributed by atoms with E-state index in [1.165, 1.54) is 45.3 Å². The molecule has 1 N–H and O–H groups in total. The van der Waals surface area contributed by atoms with Gasteiger partial charge in [0.25, 0.3) is 0 Å². The van der Waals surface area contributed by atoms with Gasteiger partial charge < -0.3 is 10.2 Å². The highest BCUT2D eigenvalue weighted by Crippen LogP contribution is 2.25. The van der Waals surface area contributed by atoms with Gasteiger partial charge in [-0.05, 0) is 66.3 Å². The Labute approximate surface area is 100 Å². The standard InChI is InChI=1S/C13H27N3/c1-11-13(15(2)3)5-4-10-16(11)12-6-8-14-9-7-12/h11-14H,4-10H2,1-3H3. The first kappa shape index (κ1) is 12.3. The Kier molecular flexibility index (Phi) is 4.22. The van der Waals surface area contributed by atoms with Gasteiger partial charge in [0.05, 0.1) is 0 Å². The van der Waals surface area contributed by atoms with Crippen LogP contribution < -0.4 is 5.32 Å². The minimum absolute atomic E-state index is 0.729. The van der Waals surface area contributed by atoms with Crippen molar-refractivity contribution in [2.45, 2.75) is 50.7 Å². The van der Waals surface area contributed by atoms with E-state index >= 15 is 0 Å². The first-order chi connectivity index (χ1) is 7.70. The van der Waals surface area contributed by atoms with Gasteiger partial charge in [0.1, 0.15) is 0 Å². The Hall–Kier alpha value is -0.120. The molecule has 2 aliphatic heterocycles. The number of hydrogen-bond acceptors (Lipinski definition) is 3. The fraction of sp³-hybridized carbons (Fsp3) is 1.00. The van der Waals surface area contributed by atoms with Gasteiger partial charge in [-0.1, -0.05) is 0 Å². The van der Waals surface area contributed by atoms with Crippen molar-refractivity contribution in [3.63, 3.8) is 0 Å². The Morgan fingerprint density at radius 1 is 1.12 bits per heavy atom. The monoisotopic (exact) mass is 225 g/mol. The molecular formula is C13H27N3. The molecule has 94 valence electrons. The third-order valence-electron chi connectivity index (χ3n) is 4.44. The summed E-state index contributed by atoms with van der Waals surface area (Å²) in [5.41, 5.74) is 0. The van der Waals surface area contributed by atoms with E-state index < -0.39 is 0 Å². The molecule has 0 spiro atoms. The molecule has 0 amide bonds. The van der Waals surface area contributed by atoms with Gasteiger partial charge in [-0.2, -0.15) is 0 Å². The molecule has 0 aromatic carbocycles. The third-order valence-corrected chi connectivity index (χ3v) is 4.44. The van der Waals surface area contributed by atoms with Gasteiger partial charge in [-0.3, -0.25) is 4.90 Å². The average Bonchev–Trinajstić information content (AvgIpc) is 2.30. The fourth-order valence-corrected chi connectivity index (χ4v) is 3.49. The molecule has 0 bridgehead atoms. The zero-order valence-corrected chi connectivity index (χ0v) is 11.1. The predicted octanol–water partition coefficient (Wildman–Crippen LogP) is 1.15. The van der Waals surface area contributed by atoms with Crippen LogP contribution in [0.1, 0.15) is 32.6 Å². The van der Waals surface area contributed by atoms with Crippen molar-refractivity contribution in [1.29, 1.82) is 0 Å². The number of nitrogens with zero attached hydrogens (tertiary/aromatic N) is 2. The predicted molar refractivity (Wildman–Crippen MR) is 68.8 cm³/mol. The fourth-order valence-electron chi connectivity index (χ4n) is 3.49. The van der Waals surface area contributed by atoms with Crippen LogP contribution in [0.15, 0.2) is 0 Å². The summed E-state index contributed by atoms with van der Waals surface area (Å²) in [5.74, 6) is 0. The minimum Gasteiger partial charge on any atom is -0.317 e. The van der Waals surface area contributed by atoms with Crippen LogP contribution in [-0.4, -0.2) is 61.7 Å². The Bertz CT molecular complexity index is 211. The first-order valence-corrected chi connectivity index (χ1v) is 6.83. The average molecular weight is 225 g/mol. The zero-order chi connectivity index (χ0) is 11.5. The normalized spacial score (nSPS) is 34.5. The smallest absolute Gasteiger partial charge is 0.0243 e. The summed E-state index contributed by atoms with van der Waals surface area (Å²) in [7, 11) is 4.46. The molecule has 0 aliphatic carbocycles. The summed E-state index contributed by atoms with van der Waals surface area (Å²) in [6.07, 6.45) is 5.42. The van der Waals surface area contributed by atoms with Crippen molar-refractivity contribution in [3.8, 4) is 0 Å². The Morgan fingerprint density at radius 3 is 2.44 bits per heavy atom. The molecule has 3 heteroatoms. The SMILES string of the molecule is CC1C(N(C)C)CCCN1C1CCNCC1. The summed E-state index contributed by atoms with van der Waals surface area (Å²) in [6, 6.07) is 2.31. The van der Waals surface area contributed by atoms with Crippen LogP contribution >= 0.6 is 0 Å². The lowest BCUT2D eigenvalue weighted by atomic mass is 9.92. The highest BCUT2D eigenvalue weighted by atomic mass is 15.3. The molecule has 2 rings (SSSR count). The quantitative estimate of drug-likeness (QED) is 0.760. The van der Waals surface area contributed by atoms with Crippen LogP contribution in [0.4, 0.5) is 0 Å². The summed E-state index contributed by atoms with van der Waals surface area (Å²) in [5, 5.41) is 3.47. The topological polar surface area (TPSA) is 18.5 Å². The second-order valence-electron chi connectivity index (χ2n) is 5.63. The zero-order valence-electron chi connectivity index (χ0n) is 11.1. The molecule has 0 aromatic heterocycles. The van der Waals surface area contributed by atoms with E-state index in [4.69, 9.17) is 0 Å². The van der Waals surface area contributed by atoms with Crippen LogP contribution in [0.2, 0.25) is 0 Å². The van der Waals surface area contributed by atoms with Gasteiger partial charge >= 0.3 is 0 Å². The molecule has 2 aliphatic rings. The molecule has 2 unspecified atom stereocenters.